The molecule has 0 amide bonds. The van der Waals surface area contributed by atoms with Crippen molar-refractivity contribution in [1.29, 1.82) is 0 Å². The number of carbonyl (C=O) groups is 1. The van der Waals surface area contributed by atoms with Gasteiger partial charge in [0, 0.05) is 17.7 Å². The summed E-state index contributed by atoms with van der Waals surface area (Å²) in [4.78, 5) is 11.9. The zero-order chi connectivity index (χ0) is 14.0. The smallest absolute Gasteiger partial charge is 0.298 e. The quantitative estimate of drug-likeness (QED) is 0.639. The summed E-state index contributed by atoms with van der Waals surface area (Å²) in [5, 5.41) is 5.52. The second-order valence-corrected chi connectivity index (χ2v) is 5.67. The van der Waals surface area contributed by atoms with E-state index < -0.39 is 17.4 Å². The van der Waals surface area contributed by atoms with Gasteiger partial charge < -0.3 is 0 Å². The first-order valence-electron chi connectivity index (χ1n) is 5.18. The fraction of sp³-hybridized carbons (Fsp3) is 0.273. The number of halogens is 3. The fourth-order valence-electron chi connectivity index (χ4n) is 1.55. The molecule has 3 nitrogen and oxygen atoms in total. The molecule has 0 saturated carbocycles. The second-order valence-electron chi connectivity index (χ2n) is 3.67. The largest absolute Gasteiger partial charge is 0.435 e. The molecule has 0 unspecified atom stereocenters. The number of aromatic nitrogens is 2. The topological polar surface area (TPSA) is 34.9 Å². The zero-order valence-electron chi connectivity index (χ0n) is 9.77. The molecule has 0 atom stereocenters. The van der Waals surface area contributed by atoms with Crippen LogP contribution in [0, 0.1) is 0 Å². The van der Waals surface area contributed by atoms with Crippen LogP contribution in [0.3, 0.4) is 0 Å². The Hall–Kier alpha value is -1.28. The van der Waals surface area contributed by atoms with Crippen LogP contribution in [0.1, 0.15) is 20.9 Å². The maximum atomic E-state index is 12.7. The molecule has 0 spiro atoms. The van der Waals surface area contributed by atoms with Gasteiger partial charge in [0.15, 0.2) is 12.0 Å². The predicted octanol–water partition coefficient (Wildman–Crippen LogP) is 3.61. The predicted molar refractivity (Wildman–Crippen MR) is 67.5 cm³/mol. The Morgan fingerprint density at radius 3 is 2.79 bits per heavy atom. The molecule has 2 aromatic rings. The van der Waals surface area contributed by atoms with E-state index in [1.807, 2.05) is 17.5 Å². The lowest BCUT2D eigenvalue weighted by Crippen LogP contribution is -2.09. The van der Waals surface area contributed by atoms with Crippen LogP contribution in [-0.2, 0) is 19.0 Å². The Bertz CT molecular complexity index is 576. The summed E-state index contributed by atoms with van der Waals surface area (Å²) in [6.07, 6.45) is -4.40. The molecule has 0 aromatic carbocycles. The summed E-state index contributed by atoms with van der Waals surface area (Å²) in [7, 11) is 1.40. The molecule has 0 radical (unpaired) electrons. The van der Waals surface area contributed by atoms with Crippen LogP contribution >= 0.6 is 23.1 Å². The first-order chi connectivity index (χ1) is 8.93. The Kier molecular flexibility index (Phi) is 4.00. The van der Waals surface area contributed by atoms with Crippen molar-refractivity contribution in [3.8, 4) is 0 Å². The normalized spacial score (nSPS) is 11.8. The van der Waals surface area contributed by atoms with Crippen LogP contribution in [0.2, 0.25) is 0 Å². The maximum absolute atomic E-state index is 12.7. The molecule has 2 rings (SSSR count). The van der Waals surface area contributed by atoms with Gasteiger partial charge in [-0.1, -0.05) is 6.07 Å². The van der Waals surface area contributed by atoms with Crippen molar-refractivity contribution in [3.05, 3.63) is 33.6 Å². The Balaban J connectivity index is 2.29. The molecule has 0 bridgehead atoms. The highest BCUT2D eigenvalue weighted by Gasteiger charge is 2.38. The Morgan fingerprint density at radius 2 is 2.26 bits per heavy atom. The van der Waals surface area contributed by atoms with Crippen molar-refractivity contribution < 1.29 is 18.0 Å². The van der Waals surface area contributed by atoms with E-state index in [9.17, 15) is 18.0 Å². The molecular weight excluding hydrogens is 297 g/mol. The molecule has 2 heterocycles. The Morgan fingerprint density at radius 1 is 1.53 bits per heavy atom. The highest BCUT2D eigenvalue weighted by atomic mass is 32.2. The van der Waals surface area contributed by atoms with Gasteiger partial charge in [-0.3, -0.25) is 9.48 Å². The van der Waals surface area contributed by atoms with Gasteiger partial charge in [0.25, 0.3) is 0 Å². The van der Waals surface area contributed by atoms with Crippen molar-refractivity contribution in [2.75, 3.05) is 0 Å². The molecular formula is C11H9F3N2OS2. The third-order valence-corrected chi connectivity index (χ3v) is 4.62. The SMILES string of the molecule is Cn1nc(C(F)(F)F)c(C=O)c1SCc1cccs1. The fourth-order valence-corrected chi connectivity index (χ4v) is 3.39. The van der Waals surface area contributed by atoms with Gasteiger partial charge in [0.1, 0.15) is 5.03 Å². The molecule has 0 saturated heterocycles. The number of thiophene rings is 1. The van der Waals surface area contributed by atoms with E-state index in [4.69, 9.17) is 0 Å². The molecule has 19 heavy (non-hydrogen) atoms. The molecule has 0 fully saturated rings. The van der Waals surface area contributed by atoms with Crippen molar-refractivity contribution in [2.24, 2.45) is 7.05 Å². The lowest BCUT2D eigenvalue weighted by Gasteiger charge is -2.02. The van der Waals surface area contributed by atoms with Crippen molar-refractivity contribution >= 4 is 29.4 Å². The molecule has 8 heteroatoms. The van der Waals surface area contributed by atoms with E-state index in [1.54, 1.807) is 0 Å². The van der Waals surface area contributed by atoms with E-state index in [1.165, 1.54) is 30.1 Å². The number of hydrogen-bond donors (Lipinski definition) is 0. The van der Waals surface area contributed by atoms with Gasteiger partial charge in [-0.25, -0.2) is 0 Å². The van der Waals surface area contributed by atoms with Gasteiger partial charge in [-0.05, 0) is 11.4 Å². The number of rotatable bonds is 4. The molecule has 0 aliphatic heterocycles. The van der Waals surface area contributed by atoms with E-state index in [0.29, 0.717) is 5.75 Å². The lowest BCUT2D eigenvalue weighted by atomic mass is 10.2. The van der Waals surface area contributed by atoms with E-state index in [-0.39, 0.29) is 11.3 Å². The summed E-state index contributed by atoms with van der Waals surface area (Å²) in [6.45, 7) is 0. The summed E-state index contributed by atoms with van der Waals surface area (Å²) >= 11 is 2.69. The minimum absolute atomic E-state index is 0.215. The number of thioether (sulfide) groups is 1. The number of hydrogen-bond acceptors (Lipinski definition) is 4. The third-order valence-electron chi connectivity index (χ3n) is 2.35. The van der Waals surface area contributed by atoms with Gasteiger partial charge in [0.2, 0.25) is 0 Å². The maximum Gasteiger partial charge on any atom is 0.435 e. The van der Waals surface area contributed by atoms with Crippen molar-refractivity contribution in [2.45, 2.75) is 17.0 Å². The van der Waals surface area contributed by atoms with Crippen LogP contribution in [0.4, 0.5) is 13.2 Å². The number of carbonyl (C=O) groups excluding carboxylic acids is 1. The monoisotopic (exact) mass is 306 g/mol. The molecule has 0 aliphatic carbocycles. The molecule has 2 aromatic heterocycles. The van der Waals surface area contributed by atoms with Gasteiger partial charge >= 0.3 is 6.18 Å². The van der Waals surface area contributed by atoms with Gasteiger partial charge in [-0.15, -0.1) is 23.1 Å². The molecule has 0 N–H and O–H groups in total. The molecule has 102 valence electrons. The molecule has 0 aliphatic rings. The van der Waals surface area contributed by atoms with Crippen LogP contribution < -0.4 is 0 Å². The third kappa shape index (κ3) is 3.01. The highest BCUT2D eigenvalue weighted by molar-refractivity contribution is 7.98. The van der Waals surface area contributed by atoms with Crippen LogP contribution in [-0.4, -0.2) is 16.1 Å². The number of alkyl halides is 3. The summed E-state index contributed by atoms with van der Waals surface area (Å²) in [5.41, 5.74) is -1.52. The van der Waals surface area contributed by atoms with Crippen molar-refractivity contribution in [1.82, 2.24) is 9.78 Å². The second kappa shape index (κ2) is 5.38. The standard InChI is InChI=1S/C11H9F3N2OS2/c1-16-10(19-6-7-3-2-4-18-7)8(5-17)9(15-16)11(12,13)14/h2-5H,6H2,1H3. The van der Waals surface area contributed by atoms with Crippen LogP contribution in [0.5, 0.6) is 0 Å². The minimum atomic E-state index is -4.62. The first-order valence-corrected chi connectivity index (χ1v) is 7.04. The van der Waals surface area contributed by atoms with Crippen LogP contribution in [0.15, 0.2) is 22.5 Å². The number of aldehydes is 1. The van der Waals surface area contributed by atoms with E-state index >= 15 is 0 Å². The average Bonchev–Trinajstić information content (AvgIpc) is 2.93. The number of aryl methyl sites for hydroxylation is 1. The minimum Gasteiger partial charge on any atom is -0.298 e. The summed E-state index contributed by atoms with van der Waals surface area (Å²) in [5.74, 6) is 0.509. The van der Waals surface area contributed by atoms with E-state index in [0.717, 1.165) is 9.56 Å². The first kappa shape index (κ1) is 14.1. The highest BCUT2D eigenvalue weighted by Crippen LogP contribution is 2.36. The lowest BCUT2D eigenvalue weighted by molar-refractivity contribution is -0.141. The number of nitrogens with zero attached hydrogens (tertiary/aromatic N) is 2. The van der Waals surface area contributed by atoms with E-state index in [2.05, 4.69) is 5.10 Å². The Labute approximate surface area is 115 Å². The van der Waals surface area contributed by atoms with Crippen LogP contribution in [0.25, 0.3) is 0 Å². The van der Waals surface area contributed by atoms with Crippen molar-refractivity contribution in [3.63, 3.8) is 0 Å². The van der Waals surface area contributed by atoms with Gasteiger partial charge in [-0.2, -0.15) is 18.3 Å². The average molecular weight is 306 g/mol. The zero-order valence-corrected chi connectivity index (χ0v) is 11.4. The van der Waals surface area contributed by atoms with Gasteiger partial charge in [0.05, 0.1) is 5.56 Å². The summed E-state index contributed by atoms with van der Waals surface area (Å²) < 4.78 is 39.2. The summed E-state index contributed by atoms with van der Waals surface area (Å²) in [6, 6.07) is 3.75.